The van der Waals surface area contributed by atoms with E-state index >= 15 is 0 Å². The van der Waals surface area contributed by atoms with Crippen LogP contribution in [0.2, 0.25) is 39.3 Å². The summed E-state index contributed by atoms with van der Waals surface area (Å²) >= 11 is -3.99. The first-order valence-corrected chi connectivity index (χ1v) is 33.2. The molecule has 4 aromatic carbocycles. The summed E-state index contributed by atoms with van der Waals surface area (Å²) in [4.78, 5) is 0. The Kier molecular flexibility index (Phi) is 8.49. The maximum atomic E-state index is 7.93. The Morgan fingerprint density at radius 2 is 1.44 bits per heavy atom. The van der Waals surface area contributed by atoms with Crippen molar-refractivity contribution < 1.29 is 17.9 Å². The summed E-state index contributed by atoms with van der Waals surface area (Å²) in [6.07, 6.45) is 4.64. The predicted octanol–water partition coefficient (Wildman–Crippen LogP) is 7.88. The third-order valence-corrected chi connectivity index (χ3v) is 28.0. The Bertz CT molecular complexity index is 1740. The van der Waals surface area contributed by atoms with Gasteiger partial charge >= 0.3 is 278 Å². The van der Waals surface area contributed by atoms with Crippen LogP contribution in [0.4, 0.5) is 0 Å². The second kappa shape index (κ2) is 11.5. The van der Waals surface area contributed by atoms with E-state index < -0.39 is 43.5 Å². The van der Waals surface area contributed by atoms with Crippen LogP contribution in [-0.2, 0) is 17.9 Å². The Hall–Kier alpha value is -1.27. The molecule has 0 aromatic heterocycles. The summed E-state index contributed by atoms with van der Waals surface area (Å²) < 4.78 is 1.45. The second-order valence-electron chi connectivity index (χ2n) is 14.8. The van der Waals surface area contributed by atoms with Crippen molar-refractivity contribution in [2.75, 3.05) is 0 Å². The molecular formula is C37H44Cl2Si3Zr. The molecule has 1 atom stereocenters. The van der Waals surface area contributed by atoms with Crippen molar-refractivity contribution in [2.24, 2.45) is 0 Å². The van der Waals surface area contributed by atoms with Crippen molar-refractivity contribution in [3.05, 3.63) is 95.1 Å². The number of aryl methyl sites for hydroxylation is 1. The van der Waals surface area contributed by atoms with Crippen molar-refractivity contribution in [1.82, 2.24) is 0 Å². The Labute approximate surface area is 275 Å². The zero-order valence-corrected chi connectivity index (χ0v) is 34.3. The molecule has 4 aromatic rings. The van der Waals surface area contributed by atoms with Gasteiger partial charge in [0.25, 0.3) is 0 Å². The first-order chi connectivity index (χ1) is 20.2. The van der Waals surface area contributed by atoms with Gasteiger partial charge in [-0.15, -0.1) is 0 Å². The number of rotatable bonds is 7. The summed E-state index contributed by atoms with van der Waals surface area (Å²) in [5, 5.41) is 6.14. The molecule has 0 amide bonds. The fourth-order valence-corrected chi connectivity index (χ4v) is 26.6. The number of fused-ring (bicyclic) bond motifs is 4. The molecule has 0 saturated heterocycles. The van der Waals surface area contributed by atoms with E-state index in [2.05, 4.69) is 132 Å². The molecule has 1 unspecified atom stereocenters. The molecule has 0 bridgehead atoms. The Morgan fingerprint density at radius 1 is 0.791 bits per heavy atom. The number of hydrogen-bond donors (Lipinski definition) is 0. The van der Waals surface area contributed by atoms with Crippen LogP contribution in [0.5, 0.6) is 0 Å². The topological polar surface area (TPSA) is 0 Å². The molecule has 2 aliphatic rings. The van der Waals surface area contributed by atoms with Crippen LogP contribution in [0.1, 0.15) is 40.1 Å². The molecule has 0 fully saturated rings. The summed E-state index contributed by atoms with van der Waals surface area (Å²) in [7, 11) is 12.2. The number of allylic oxidation sites excluding steroid dienone is 1. The molecule has 0 radical (unpaired) electrons. The van der Waals surface area contributed by atoms with Crippen molar-refractivity contribution in [3.63, 3.8) is 0 Å². The van der Waals surface area contributed by atoms with E-state index in [0.717, 1.165) is 12.8 Å². The molecule has 0 saturated carbocycles. The molecule has 1 aliphatic heterocycles. The van der Waals surface area contributed by atoms with Gasteiger partial charge in [0.1, 0.15) is 0 Å². The van der Waals surface area contributed by atoms with Gasteiger partial charge in [0.2, 0.25) is 0 Å². The van der Waals surface area contributed by atoms with Gasteiger partial charge in [-0.05, 0) is 0 Å². The van der Waals surface area contributed by atoms with Gasteiger partial charge in [-0.3, -0.25) is 0 Å². The first-order valence-electron chi connectivity index (χ1n) is 15.8. The number of halogens is 2. The van der Waals surface area contributed by atoms with Crippen LogP contribution in [0, 0.1) is 6.92 Å². The van der Waals surface area contributed by atoms with E-state index in [-0.39, 0.29) is 3.63 Å². The van der Waals surface area contributed by atoms with Crippen LogP contribution in [-0.4, -0.2) is 25.7 Å². The van der Waals surface area contributed by atoms with Crippen LogP contribution < -0.4 is 24.0 Å². The molecule has 6 rings (SSSR count). The number of hydrogen-bond acceptors (Lipinski definition) is 0. The van der Waals surface area contributed by atoms with Gasteiger partial charge < -0.3 is 0 Å². The van der Waals surface area contributed by atoms with Crippen molar-refractivity contribution in [1.29, 1.82) is 0 Å². The van der Waals surface area contributed by atoms with E-state index in [4.69, 9.17) is 17.0 Å². The zero-order valence-electron chi connectivity index (χ0n) is 27.0. The molecule has 1 heterocycles. The fraction of sp³-hybridized carbons (Fsp3) is 0.297. The third kappa shape index (κ3) is 5.68. The molecule has 1 aliphatic carbocycles. The molecule has 6 heteroatoms. The minimum atomic E-state index is -3.99. The Morgan fingerprint density at radius 3 is 2.09 bits per heavy atom. The van der Waals surface area contributed by atoms with Crippen molar-refractivity contribution in [3.8, 4) is 22.3 Å². The molecular weight excluding hydrogens is 691 g/mol. The van der Waals surface area contributed by atoms with Gasteiger partial charge in [0.05, 0.1) is 0 Å². The molecule has 0 nitrogen and oxygen atoms in total. The van der Waals surface area contributed by atoms with E-state index in [1.807, 2.05) is 0 Å². The summed E-state index contributed by atoms with van der Waals surface area (Å²) in [5.74, 6) is 0. The molecule has 43 heavy (non-hydrogen) atoms. The Balaban J connectivity index is 1.54. The van der Waals surface area contributed by atoms with Crippen LogP contribution in [0.15, 0.2) is 78.4 Å². The average Bonchev–Trinajstić information content (AvgIpc) is 3.50. The first kappa shape index (κ1) is 31.7. The quantitative estimate of drug-likeness (QED) is 0.149. The standard InChI is InChI=1S/C25H35Si2.C12H9Si.2ClH.Zr/c1-9-10-19-13-20-12-11-18(2)25(24(20)14-19)21-15-22(26(3,4)5)17-23(16-21)27(6,7)8;1-3-7-11-9(5-1)10-6-2-4-8-12(10)13-11;;;/h11-17H,9-10H2,1-8H3;1-7H,13H2;2*1H;/q;;;;+2/p-2. The number of benzene rings is 4. The van der Waals surface area contributed by atoms with Crippen molar-refractivity contribution in [2.45, 2.75) is 69.6 Å². The zero-order chi connectivity index (χ0) is 30.9. The third-order valence-electron chi connectivity index (χ3n) is 9.56. The van der Waals surface area contributed by atoms with Gasteiger partial charge in [0, 0.05) is 0 Å². The average molecular weight is 735 g/mol. The van der Waals surface area contributed by atoms with Crippen LogP contribution in [0.3, 0.4) is 0 Å². The van der Waals surface area contributed by atoms with E-state index in [0.29, 0.717) is 0 Å². The van der Waals surface area contributed by atoms with Crippen LogP contribution in [0.25, 0.3) is 28.3 Å². The van der Waals surface area contributed by atoms with Gasteiger partial charge in [-0.1, -0.05) is 0 Å². The predicted molar refractivity (Wildman–Crippen MR) is 199 cm³/mol. The SMILES string of the molecule is CCCC1=Cc2c(ccc(C)c2-c2cc([Si](C)(C)C)cc([Si](C)(C)C)c2)[CH]1[Zr]([Cl])([Cl])[c]1cccc2c1[SiH2]c1ccccc1-2. The fourth-order valence-electron chi connectivity index (χ4n) is 7.20. The second-order valence-corrected chi connectivity index (χ2v) is 40.7. The monoisotopic (exact) mass is 732 g/mol. The minimum absolute atomic E-state index is 0.132. The maximum absolute atomic E-state index is 7.93. The van der Waals surface area contributed by atoms with Crippen molar-refractivity contribution >= 4 is 72.8 Å². The molecule has 0 N–H and O–H groups in total. The normalized spacial score (nSPS) is 16.7. The van der Waals surface area contributed by atoms with E-state index in [9.17, 15) is 0 Å². The van der Waals surface area contributed by atoms with Gasteiger partial charge in [-0.2, -0.15) is 0 Å². The van der Waals surface area contributed by atoms with Crippen LogP contribution >= 0.6 is 17.0 Å². The van der Waals surface area contributed by atoms with Gasteiger partial charge in [0.15, 0.2) is 0 Å². The van der Waals surface area contributed by atoms with E-state index in [1.165, 1.54) is 58.2 Å². The van der Waals surface area contributed by atoms with Gasteiger partial charge in [-0.25, -0.2) is 0 Å². The summed E-state index contributed by atoms with van der Waals surface area (Å²) in [6, 6.07) is 28.0. The van der Waals surface area contributed by atoms with E-state index in [1.54, 1.807) is 10.4 Å². The molecule has 0 spiro atoms. The molecule has 222 valence electrons. The summed E-state index contributed by atoms with van der Waals surface area (Å²) in [6.45, 7) is 19.4. The summed E-state index contributed by atoms with van der Waals surface area (Å²) in [5.41, 5.74) is 11.1.